The first-order valence-corrected chi connectivity index (χ1v) is 9.67. The van der Waals surface area contributed by atoms with Crippen molar-refractivity contribution >= 4 is 5.91 Å². The van der Waals surface area contributed by atoms with Gasteiger partial charge in [-0.05, 0) is 67.6 Å². The van der Waals surface area contributed by atoms with Crippen molar-refractivity contribution in [3.05, 3.63) is 65.5 Å². The van der Waals surface area contributed by atoms with Crippen molar-refractivity contribution in [1.29, 1.82) is 0 Å². The SMILES string of the molecule is O=C(c1ccccc1OCc1ccc(F)cc1)N1CC[C@@H]2CNC[C@@H]2CC1. The highest BCUT2D eigenvalue weighted by Gasteiger charge is 2.32. The van der Waals surface area contributed by atoms with Crippen LogP contribution < -0.4 is 10.1 Å². The zero-order valence-electron chi connectivity index (χ0n) is 15.4. The van der Waals surface area contributed by atoms with Crippen LogP contribution in [0.2, 0.25) is 0 Å². The Kier molecular flexibility index (Phi) is 5.39. The molecule has 2 heterocycles. The van der Waals surface area contributed by atoms with Crippen molar-refractivity contribution < 1.29 is 13.9 Å². The van der Waals surface area contributed by atoms with Crippen molar-refractivity contribution in [1.82, 2.24) is 10.2 Å². The molecule has 2 atom stereocenters. The Balaban J connectivity index is 1.45. The van der Waals surface area contributed by atoms with Crippen molar-refractivity contribution in [3.63, 3.8) is 0 Å². The maximum atomic E-state index is 13.1. The number of rotatable bonds is 4. The minimum absolute atomic E-state index is 0.0395. The van der Waals surface area contributed by atoms with Gasteiger partial charge in [0.25, 0.3) is 5.91 Å². The van der Waals surface area contributed by atoms with E-state index in [0.29, 0.717) is 29.8 Å². The second-order valence-corrected chi connectivity index (χ2v) is 7.46. The highest BCUT2D eigenvalue weighted by molar-refractivity contribution is 5.97. The topological polar surface area (TPSA) is 41.6 Å². The number of amides is 1. The maximum absolute atomic E-state index is 13.1. The Morgan fingerprint density at radius 3 is 2.41 bits per heavy atom. The summed E-state index contributed by atoms with van der Waals surface area (Å²) in [5, 5.41) is 3.47. The molecule has 4 nitrogen and oxygen atoms in total. The number of para-hydroxylation sites is 1. The summed E-state index contributed by atoms with van der Waals surface area (Å²) < 4.78 is 18.9. The van der Waals surface area contributed by atoms with Gasteiger partial charge in [0.2, 0.25) is 0 Å². The van der Waals surface area contributed by atoms with E-state index < -0.39 is 0 Å². The molecule has 0 radical (unpaired) electrons. The third kappa shape index (κ3) is 4.14. The molecule has 4 rings (SSSR count). The van der Waals surface area contributed by atoms with Gasteiger partial charge >= 0.3 is 0 Å². The molecule has 0 saturated carbocycles. The van der Waals surface area contributed by atoms with E-state index in [1.807, 2.05) is 29.2 Å². The zero-order chi connectivity index (χ0) is 18.6. The molecule has 0 bridgehead atoms. The molecule has 2 saturated heterocycles. The van der Waals surface area contributed by atoms with Gasteiger partial charge in [-0.3, -0.25) is 4.79 Å². The van der Waals surface area contributed by atoms with Gasteiger partial charge in [-0.1, -0.05) is 24.3 Å². The van der Waals surface area contributed by atoms with E-state index in [1.165, 1.54) is 12.1 Å². The van der Waals surface area contributed by atoms with E-state index >= 15 is 0 Å². The molecule has 0 unspecified atom stereocenters. The number of benzene rings is 2. The third-order valence-electron chi connectivity index (χ3n) is 5.73. The number of hydrogen-bond donors (Lipinski definition) is 1. The molecular formula is C22H25FN2O2. The fraction of sp³-hybridized carbons (Fsp3) is 0.409. The Morgan fingerprint density at radius 1 is 1.04 bits per heavy atom. The Bertz CT molecular complexity index is 779. The second kappa shape index (κ2) is 8.09. The monoisotopic (exact) mass is 368 g/mol. The van der Waals surface area contributed by atoms with Gasteiger partial charge in [-0.2, -0.15) is 0 Å². The van der Waals surface area contributed by atoms with E-state index in [4.69, 9.17) is 4.74 Å². The predicted octanol–water partition coefficient (Wildman–Crippen LogP) is 3.48. The minimum Gasteiger partial charge on any atom is -0.488 e. The largest absolute Gasteiger partial charge is 0.488 e. The molecule has 2 aliphatic rings. The maximum Gasteiger partial charge on any atom is 0.257 e. The summed E-state index contributed by atoms with van der Waals surface area (Å²) in [6.45, 7) is 4.05. The van der Waals surface area contributed by atoms with Crippen LogP contribution in [-0.4, -0.2) is 37.0 Å². The summed E-state index contributed by atoms with van der Waals surface area (Å²) in [5.74, 6) is 1.73. The van der Waals surface area contributed by atoms with Crippen LogP contribution in [-0.2, 0) is 6.61 Å². The summed E-state index contributed by atoms with van der Waals surface area (Å²) in [6, 6.07) is 13.6. The molecule has 1 amide bonds. The van der Waals surface area contributed by atoms with Crippen molar-refractivity contribution in [2.45, 2.75) is 19.4 Å². The van der Waals surface area contributed by atoms with Gasteiger partial charge in [0.15, 0.2) is 0 Å². The zero-order valence-corrected chi connectivity index (χ0v) is 15.4. The van der Waals surface area contributed by atoms with E-state index in [-0.39, 0.29) is 11.7 Å². The van der Waals surface area contributed by atoms with Gasteiger partial charge < -0.3 is 15.0 Å². The van der Waals surface area contributed by atoms with Crippen molar-refractivity contribution in [2.75, 3.05) is 26.2 Å². The molecule has 1 N–H and O–H groups in total. The Labute approximate surface area is 159 Å². The Morgan fingerprint density at radius 2 is 1.70 bits per heavy atom. The number of fused-ring (bicyclic) bond motifs is 1. The highest BCUT2D eigenvalue weighted by Crippen LogP contribution is 2.29. The lowest BCUT2D eigenvalue weighted by Gasteiger charge is -2.22. The van der Waals surface area contributed by atoms with E-state index in [9.17, 15) is 9.18 Å². The molecule has 2 aromatic rings. The van der Waals surface area contributed by atoms with Crippen LogP contribution in [0.5, 0.6) is 5.75 Å². The highest BCUT2D eigenvalue weighted by atomic mass is 19.1. The van der Waals surface area contributed by atoms with Gasteiger partial charge in [-0.25, -0.2) is 4.39 Å². The number of carbonyl (C=O) groups excluding carboxylic acids is 1. The molecule has 2 aromatic carbocycles. The van der Waals surface area contributed by atoms with Gasteiger partial charge in [-0.15, -0.1) is 0 Å². The van der Waals surface area contributed by atoms with E-state index in [2.05, 4.69) is 5.32 Å². The molecule has 2 fully saturated rings. The third-order valence-corrected chi connectivity index (χ3v) is 5.73. The Hall–Kier alpha value is -2.40. The van der Waals surface area contributed by atoms with Crippen molar-refractivity contribution in [3.8, 4) is 5.75 Å². The lowest BCUT2D eigenvalue weighted by Crippen LogP contribution is -2.33. The first-order chi connectivity index (χ1) is 13.2. The smallest absolute Gasteiger partial charge is 0.257 e. The van der Waals surface area contributed by atoms with Gasteiger partial charge in [0, 0.05) is 13.1 Å². The molecule has 2 aliphatic heterocycles. The van der Waals surface area contributed by atoms with Crippen LogP contribution in [0.1, 0.15) is 28.8 Å². The summed E-state index contributed by atoms with van der Waals surface area (Å²) in [7, 11) is 0. The number of hydrogen-bond acceptors (Lipinski definition) is 3. The summed E-state index contributed by atoms with van der Waals surface area (Å²) >= 11 is 0. The number of carbonyl (C=O) groups is 1. The minimum atomic E-state index is -0.268. The first-order valence-electron chi connectivity index (χ1n) is 9.67. The standard InChI is InChI=1S/C22H25FN2O2/c23-19-7-5-16(6-8-19)15-27-21-4-2-1-3-20(21)22(26)25-11-9-17-13-24-14-18(17)10-12-25/h1-8,17-18,24H,9-15H2/t17-,18+. The van der Waals surface area contributed by atoms with Crippen LogP contribution in [0.25, 0.3) is 0 Å². The summed E-state index contributed by atoms with van der Waals surface area (Å²) in [5.41, 5.74) is 1.47. The van der Waals surface area contributed by atoms with Crippen molar-refractivity contribution in [2.24, 2.45) is 11.8 Å². The number of nitrogens with zero attached hydrogens (tertiary/aromatic N) is 1. The van der Waals surface area contributed by atoms with E-state index in [0.717, 1.165) is 44.6 Å². The number of likely N-dealkylation sites (tertiary alicyclic amines) is 1. The number of ether oxygens (including phenoxy) is 1. The molecular weight excluding hydrogens is 343 g/mol. The molecule has 142 valence electrons. The lowest BCUT2D eigenvalue weighted by molar-refractivity contribution is 0.0753. The average Bonchev–Trinajstić information content (AvgIpc) is 3.05. The molecule has 0 aromatic heterocycles. The number of halogens is 1. The van der Waals surface area contributed by atoms with Crippen LogP contribution in [0, 0.1) is 17.7 Å². The molecule has 5 heteroatoms. The van der Waals surface area contributed by atoms with E-state index in [1.54, 1.807) is 12.1 Å². The fourth-order valence-electron chi connectivity index (χ4n) is 4.10. The molecule has 0 spiro atoms. The number of nitrogens with one attached hydrogen (secondary N) is 1. The quantitative estimate of drug-likeness (QED) is 0.898. The first kappa shape index (κ1) is 18.0. The second-order valence-electron chi connectivity index (χ2n) is 7.46. The van der Waals surface area contributed by atoms with Crippen LogP contribution in [0.4, 0.5) is 4.39 Å². The normalized spacial score (nSPS) is 22.2. The van der Waals surface area contributed by atoms with Crippen LogP contribution in [0.3, 0.4) is 0 Å². The average molecular weight is 368 g/mol. The summed E-state index contributed by atoms with van der Waals surface area (Å²) in [6.07, 6.45) is 2.12. The molecule has 27 heavy (non-hydrogen) atoms. The van der Waals surface area contributed by atoms with Crippen LogP contribution >= 0.6 is 0 Å². The molecule has 0 aliphatic carbocycles. The fourth-order valence-corrected chi connectivity index (χ4v) is 4.10. The van der Waals surface area contributed by atoms with Crippen LogP contribution in [0.15, 0.2) is 48.5 Å². The summed E-state index contributed by atoms with van der Waals surface area (Å²) in [4.78, 5) is 15.1. The predicted molar refractivity (Wildman–Crippen MR) is 102 cm³/mol. The van der Waals surface area contributed by atoms with Gasteiger partial charge in [0.05, 0.1) is 5.56 Å². The lowest BCUT2D eigenvalue weighted by atomic mass is 9.92. The van der Waals surface area contributed by atoms with Gasteiger partial charge in [0.1, 0.15) is 18.2 Å².